The Morgan fingerprint density at radius 1 is 0.871 bits per heavy atom. The van der Waals surface area contributed by atoms with Crippen LogP contribution in [0, 0.1) is 6.92 Å². The van der Waals surface area contributed by atoms with Crippen molar-refractivity contribution in [1.29, 1.82) is 0 Å². The number of pyridine rings is 3. The van der Waals surface area contributed by atoms with Gasteiger partial charge in [-0.1, -0.05) is 42.5 Å². The normalized spacial score (nSPS) is 11.7. The lowest BCUT2D eigenvalue weighted by Crippen LogP contribution is -1.97. The van der Waals surface area contributed by atoms with Crippen LogP contribution in [-0.4, -0.2) is 19.6 Å². The highest BCUT2D eigenvalue weighted by Gasteiger charge is 2.13. The first-order valence-electron chi connectivity index (χ1n) is 10.3. The Bertz CT molecular complexity index is 1380. The Labute approximate surface area is 181 Å². The molecule has 0 aliphatic carbocycles. The minimum absolute atomic E-state index is 1.01. The fourth-order valence-electron chi connectivity index (χ4n) is 3.96. The SMILES string of the molecule is C/C=C(/c1ccn2ncc(-c3cccnc3)c2c1)c1cc(-c2ccccc2)cnc1C. The molecule has 0 N–H and O–H groups in total. The molecule has 0 unspecified atom stereocenters. The molecule has 0 aliphatic heterocycles. The highest BCUT2D eigenvalue weighted by atomic mass is 15.2. The Kier molecular flexibility index (Phi) is 4.89. The molecule has 31 heavy (non-hydrogen) atoms. The van der Waals surface area contributed by atoms with E-state index in [1.54, 1.807) is 6.20 Å². The molecule has 0 radical (unpaired) electrons. The predicted octanol–water partition coefficient (Wildman–Crippen LogP) is 6.22. The number of aromatic nitrogens is 4. The smallest absolute Gasteiger partial charge is 0.0746 e. The number of nitrogens with zero attached hydrogens (tertiary/aromatic N) is 4. The maximum Gasteiger partial charge on any atom is 0.0746 e. The van der Waals surface area contributed by atoms with E-state index >= 15 is 0 Å². The van der Waals surface area contributed by atoms with E-state index in [2.05, 4.69) is 78.5 Å². The number of allylic oxidation sites excluding steroid dienone is 1. The summed E-state index contributed by atoms with van der Waals surface area (Å²) in [6, 6.07) is 20.9. The number of rotatable bonds is 4. The number of fused-ring (bicyclic) bond motifs is 1. The standard InChI is InChI=1S/C27H22N4/c1-3-24(25-14-23(17-29-19(25)2)20-8-5-4-6-9-20)21-11-13-31-27(15-21)26(18-30-31)22-10-7-12-28-16-22/h3-18H,1-2H3/b24-3-. The van der Waals surface area contributed by atoms with Crippen LogP contribution in [-0.2, 0) is 0 Å². The van der Waals surface area contributed by atoms with E-state index in [4.69, 9.17) is 4.98 Å². The summed E-state index contributed by atoms with van der Waals surface area (Å²) in [4.78, 5) is 8.96. The zero-order chi connectivity index (χ0) is 21.2. The van der Waals surface area contributed by atoms with Gasteiger partial charge < -0.3 is 0 Å². The predicted molar refractivity (Wildman–Crippen MR) is 126 cm³/mol. The van der Waals surface area contributed by atoms with Gasteiger partial charge in [-0.05, 0) is 54.8 Å². The fraction of sp³-hybridized carbons (Fsp3) is 0.0741. The van der Waals surface area contributed by atoms with Crippen molar-refractivity contribution in [2.75, 3.05) is 0 Å². The van der Waals surface area contributed by atoms with Gasteiger partial charge in [0.2, 0.25) is 0 Å². The molecule has 1 aromatic carbocycles. The monoisotopic (exact) mass is 402 g/mol. The third kappa shape index (κ3) is 3.53. The third-order valence-electron chi connectivity index (χ3n) is 5.58. The maximum absolute atomic E-state index is 4.70. The molecule has 4 nitrogen and oxygen atoms in total. The summed E-state index contributed by atoms with van der Waals surface area (Å²) in [6.45, 7) is 4.14. The highest BCUT2D eigenvalue weighted by Crippen LogP contribution is 2.32. The van der Waals surface area contributed by atoms with Crippen LogP contribution in [0.4, 0.5) is 0 Å². The fourth-order valence-corrected chi connectivity index (χ4v) is 3.96. The lowest BCUT2D eigenvalue weighted by molar-refractivity contribution is 0.960. The molecule has 5 aromatic rings. The highest BCUT2D eigenvalue weighted by molar-refractivity contribution is 5.87. The summed E-state index contributed by atoms with van der Waals surface area (Å²) in [5.74, 6) is 0. The Morgan fingerprint density at radius 2 is 1.71 bits per heavy atom. The first-order chi connectivity index (χ1) is 15.2. The van der Waals surface area contributed by atoms with E-state index in [9.17, 15) is 0 Å². The van der Waals surface area contributed by atoms with E-state index in [1.165, 1.54) is 0 Å². The quantitative estimate of drug-likeness (QED) is 0.358. The zero-order valence-electron chi connectivity index (χ0n) is 17.5. The van der Waals surface area contributed by atoms with Crippen LogP contribution in [0.15, 0.2) is 97.7 Å². The van der Waals surface area contributed by atoms with Crippen molar-refractivity contribution in [2.45, 2.75) is 13.8 Å². The molecule has 0 spiro atoms. The average Bonchev–Trinajstić information content (AvgIpc) is 3.25. The van der Waals surface area contributed by atoms with Crippen molar-refractivity contribution in [3.05, 3.63) is 115 Å². The van der Waals surface area contributed by atoms with Crippen LogP contribution < -0.4 is 0 Å². The van der Waals surface area contributed by atoms with Gasteiger partial charge >= 0.3 is 0 Å². The van der Waals surface area contributed by atoms with Crippen LogP contribution in [0.1, 0.15) is 23.7 Å². The Balaban J connectivity index is 1.63. The second kappa shape index (κ2) is 8.00. The molecule has 0 atom stereocenters. The van der Waals surface area contributed by atoms with E-state index < -0.39 is 0 Å². The summed E-state index contributed by atoms with van der Waals surface area (Å²) in [6.07, 6.45) is 11.7. The average molecular weight is 403 g/mol. The topological polar surface area (TPSA) is 43.1 Å². The Morgan fingerprint density at radius 3 is 2.48 bits per heavy atom. The minimum Gasteiger partial charge on any atom is -0.264 e. The van der Waals surface area contributed by atoms with Crippen molar-refractivity contribution >= 4 is 11.1 Å². The minimum atomic E-state index is 1.01. The molecule has 150 valence electrons. The first kappa shape index (κ1) is 18.9. The number of benzene rings is 1. The van der Waals surface area contributed by atoms with Crippen molar-refractivity contribution in [3.8, 4) is 22.3 Å². The van der Waals surface area contributed by atoms with Crippen molar-refractivity contribution < 1.29 is 0 Å². The molecule has 0 bridgehead atoms. The van der Waals surface area contributed by atoms with Gasteiger partial charge in [-0.15, -0.1) is 0 Å². The lowest BCUT2D eigenvalue weighted by atomic mass is 9.94. The van der Waals surface area contributed by atoms with Gasteiger partial charge in [-0.3, -0.25) is 9.97 Å². The third-order valence-corrected chi connectivity index (χ3v) is 5.58. The van der Waals surface area contributed by atoms with Crippen LogP contribution in [0.2, 0.25) is 0 Å². The lowest BCUT2D eigenvalue weighted by Gasteiger charge is -2.13. The maximum atomic E-state index is 4.70. The second-order valence-electron chi connectivity index (χ2n) is 7.47. The van der Waals surface area contributed by atoms with Gasteiger partial charge in [-0.2, -0.15) is 5.10 Å². The molecular weight excluding hydrogens is 380 g/mol. The zero-order valence-corrected chi connectivity index (χ0v) is 17.5. The van der Waals surface area contributed by atoms with Crippen molar-refractivity contribution in [1.82, 2.24) is 19.6 Å². The van der Waals surface area contributed by atoms with Crippen LogP contribution in [0.3, 0.4) is 0 Å². The molecule has 4 heteroatoms. The van der Waals surface area contributed by atoms with E-state index in [1.807, 2.05) is 41.4 Å². The van der Waals surface area contributed by atoms with Crippen LogP contribution in [0.5, 0.6) is 0 Å². The molecular formula is C27H22N4. The van der Waals surface area contributed by atoms with Crippen LogP contribution >= 0.6 is 0 Å². The number of hydrogen-bond acceptors (Lipinski definition) is 3. The van der Waals surface area contributed by atoms with E-state index in [-0.39, 0.29) is 0 Å². The van der Waals surface area contributed by atoms with E-state index in [0.717, 1.165) is 50.2 Å². The molecule has 0 amide bonds. The van der Waals surface area contributed by atoms with Gasteiger partial charge in [0.1, 0.15) is 0 Å². The number of hydrogen-bond donors (Lipinski definition) is 0. The van der Waals surface area contributed by atoms with Gasteiger partial charge in [0.05, 0.1) is 11.7 Å². The summed E-state index contributed by atoms with van der Waals surface area (Å²) in [5, 5.41) is 4.52. The van der Waals surface area contributed by atoms with Gasteiger partial charge in [0.25, 0.3) is 0 Å². The van der Waals surface area contributed by atoms with Crippen molar-refractivity contribution in [3.63, 3.8) is 0 Å². The largest absolute Gasteiger partial charge is 0.264 e. The molecule has 4 heterocycles. The molecule has 0 saturated heterocycles. The van der Waals surface area contributed by atoms with E-state index in [0.29, 0.717) is 0 Å². The number of aryl methyl sites for hydroxylation is 1. The first-order valence-corrected chi connectivity index (χ1v) is 10.3. The molecule has 0 saturated carbocycles. The van der Waals surface area contributed by atoms with Gasteiger partial charge in [0.15, 0.2) is 0 Å². The summed E-state index contributed by atoms with van der Waals surface area (Å²) in [5.41, 5.74) is 9.89. The van der Waals surface area contributed by atoms with Gasteiger partial charge in [-0.25, -0.2) is 4.52 Å². The summed E-state index contributed by atoms with van der Waals surface area (Å²) >= 11 is 0. The van der Waals surface area contributed by atoms with Crippen molar-refractivity contribution in [2.24, 2.45) is 0 Å². The summed E-state index contributed by atoms with van der Waals surface area (Å²) in [7, 11) is 0. The van der Waals surface area contributed by atoms with Crippen LogP contribution in [0.25, 0.3) is 33.3 Å². The van der Waals surface area contributed by atoms with Gasteiger partial charge in [0, 0.05) is 52.7 Å². The molecule has 0 fully saturated rings. The summed E-state index contributed by atoms with van der Waals surface area (Å²) < 4.78 is 1.91. The molecule has 5 rings (SSSR count). The molecule has 0 aliphatic rings. The molecule has 4 aromatic heterocycles. The second-order valence-corrected chi connectivity index (χ2v) is 7.47. The Hall–Kier alpha value is -4.05.